The number of hydrogen-bond acceptors (Lipinski definition) is 5. The summed E-state index contributed by atoms with van der Waals surface area (Å²) >= 11 is 0. The van der Waals surface area contributed by atoms with E-state index in [0.717, 1.165) is 5.56 Å². The monoisotopic (exact) mass is 408 g/mol. The number of carbonyl (C=O) groups is 2. The molecular formula is C23H24N2O5. The third-order valence-corrected chi connectivity index (χ3v) is 4.97. The Labute approximate surface area is 174 Å². The number of hydrogen-bond donors (Lipinski definition) is 1. The van der Waals surface area contributed by atoms with Crippen molar-refractivity contribution in [1.82, 2.24) is 5.32 Å². The van der Waals surface area contributed by atoms with Gasteiger partial charge in [0.15, 0.2) is 12.4 Å². The normalized spacial score (nSPS) is 13.7. The molecule has 0 atom stereocenters. The lowest BCUT2D eigenvalue weighted by atomic mass is 9.86. The largest absolute Gasteiger partial charge is 0.482 e. The first-order chi connectivity index (χ1) is 14.3. The van der Waals surface area contributed by atoms with Gasteiger partial charge in [-0.3, -0.25) is 14.5 Å². The van der Waals surface area contributed by atoms with Gasteiger partial charge in [0.2, 0.25) is 0 Å². The van der Waals surface area contributed by atoms with E-state index in [0.29, 0.717) is 23.0 Å². The first kappa shape index (κ1) is 19.8. The van der Waals surface area contributed by atoms with E-state index in [1.807, 2.05) is 18.2 Å². The maximum atomic E-state index is 12.6. The van der Waals surface area contributed by atoms with Gasteiger partial charge in [-0.05, 0) is 47.4 Å². The van der Waals surface area contributed by atoms with Crippen molar-refractivity contribution >= 4 is 17.5 Å². The van der Waals surface area contributed by atoms with Crippen molar-refractivity contribution in [2.75, 3.05) is 11.5 Å². The number of carbonyl (C=O) groups excluding carboxylic acids is 2. The lowest BCUT2D eigenvalue weighted by molar-refractivity contribution is -0.121. The van der Waals surface area contributed by atoms with Crippen LogP contribution in [0.3, 0.4) is 0 Å². The number of rotatable bonds is 5. The zero-order valence-electron chi connectivity index (χ0n) is 17.2. The number of nitrogens with one attached hydrogen (secondary N) is 1. The molecule has 0 aliphatic carbocycles. The van der Waals surface area contributed by atoms with Gasteiger partial charge in [-0.25, -0.2) is 0 Å². The zero-order chi connectivity index (χ0) is 21.3. The van der Waals surface area contributed by atoms with Crippen LogP contribution in [0.15, 0.2) is 57.6 Å². The second kappa shape index (κ2) is 7.74. The second-order valence-electron chi connectivity index (χ2n) is 8.23. The predicted octanol–water partition coefficient (Wildman–Crippen LogP) is 4.03. The Bertz CT molecular complexity index is 1060. The Hall–Kier alpha value is -3.48. The van der Waals surface area contributed by atoms with E-state index < -0.39 is 0 Å². The summed E-state index contributed by atoms with van der Waals surface area (Å²) in [5.74, 6) is 1.50. The molecule has 0 unspecified atom stereocenters. The van der Waals surface area contributed by atoms with Gasteiger partial charge in [0.25, 0.3) is 11.8 Å². The highest BCUT2D eigenvalue weighted by atomic mass is 16.5. The van der Waals surface area contributed by atoms with Crippen molar-refractivity contribution < 1.29 is 23.2 Å². The van der Waals surface area contributed by atoms with Crippen molar-refractivity contribution in [1.29, 1.82) is 0 Å². The van der Waals surface area contributed by atoms with E-state index in [-0.39, 0.29) is 42.7 Å². The molecule has 0 fully saturated rings. The summed E-state index contributed by atoms with van der Waals surface area (Å²) in [5, 5.41) is 2.74. The van der Waals surface area contributed by atoms with Crippen molar-refractivity contribution in [2.24, 2.45) is 0 Å². The molecule has 3 heterocycles. The number of anilines is 1. The number of fused-ring (bicyclic) bond motifs is 1. The molecule has 1 aromatic carbocycles. The smallest absolute Gasteiger partial charge is 0.287 e. The molecule has 4 rings (SSSR count). The van der Waals surface area contributed by atoms with Gasteiger partial charge in [-0.2, -0.15) is 0 Å². The highest BCUT2D eigenvalue weighted by Gasteiger charge is 2.28. The quantitative estimate of drug-likeness (QED) is 0.689. The fourth-order valence-corrected chi connectivity index (χ4v) is 3.25. The Morgan fingerprint density at radius 3 is 2.70 bits per heavy atom. The molecule has 156 valence electrons. The SMILES string of the molecule is CC(C)(C)c1ccc2c(c1)N(Cc1ccc(C(=O)NCc3ccco3)o1)C(=O)CO2. The summed E-state index contributed by atoms with van der Waals surface area (Å²) in [5.41, 5.74) is 1.74. The lowest BCUT2D eigenvalue weighted by Crippen LogP contribution is -2.38. The third kappa shape index (κ3) is 4.10. The zero-order valence-corrected chi connectivity index (χ0v) is 17.2. The number of nitrogens with zero attached hydrogens (tertiary/aromatic N) is 1. The van der Waals surface area contributed by atoms with Crippen LogP contribution in [0.2, 0.25) is 0 Å². The van der Waals surface area contributed by atoms with Crippen LogP contribution >= 0.6 is 0 Å². The second-order valence-corrected chi connectivity index (χ2v) is 8.23. The van der Waals surface area contributed by atoms with Crippen molar-refractivity contribution in [3.8, 4) is 5.75 Å². The molecule has 0 radical (unpaired) electrons. The molecule has 30 heavy (non-hydrogen) atoms. The summed E-state index contributed by atoms with van der Waals surface area (Å²) in [4.78, 5) is 26.5. The summed E-state index contributed by atoms with van der Waals surface area (Å²) in [6.07, 6.45) is 1.55. The molecule has 2 aromatic heterocycles. The number of amides is 2. The molecule has 1 aliphatic heterocycles. The average Bonchev–Trinajstić information content (AvgIpc) is 3.39. The number of ether oxygens (including phenoxy) is 1. The Morgan fingerprint density at radius 2 is 1.97 bits per heavy atom. The van der Waals surface area contributed by atoms with E-state index in [4.69, 9.17) is 13.6 Å². The van der Waals surface area contributed by atoms with E-state index in [1.54, 1.807) is 35.4 Å². The standard InChI is InChI=1S/C23H24N2O5/c1-23(2,3)15-6-8-19-18(11-15)25(21(26)14-29-19)13-17-7-9-20(30-17)22(27)24-12-16-5-4-10-28-16/h4-11H,12-14H2,1-3H3,(H,24,27). The lowest BCUT2D eigenvalue weighted by Gasteiger charge is -2.30. The fraction of sp³-hybridized carbons (Fsp3) is 0.304. The van der Waals surface area contributed by atoms with Crippen molar-refractivity contribution in [2.45, 2.75) is 39.3 Å². The molecule has 7 nitrogen and oxygen atoms in total. The number of benzene rings is 1. The molecule has 0 saturated heterocycles. The van der Waals surface area contributed by atoms with E-state index in [9.17, 15) is 9.59 Å². The highest BCUT2D eigenvalue weighted by molar-refractivity contribution is 5.98. The van der Waals surface area contributed by atoms with Gasteiger partial charge in [0, 0.05) is 0 Å². The molecule has 0 saturated carbocycles. The first-order valence-corrected chi connectivity index (χ1v) is 9.78. The Morgan fingerprint density at radius 1 is 1.13 bits per heavy atom. The van der Waals surface area contributed by atoms with Crippen LogP contribution in [0.1, 0.15) is 48.4 Å². The van der Waals surface area contributed by atoms with Gasteiger partial charge in [0.05, 0.1) is 25.0 Å². The van der Waals surface area contributed by atoms with E-state index in [1.165, 1.54) is 0 Å². The minimum absolute atomic E-state index is 0.0287. The maximum Gasteiger partial charge on any atom is 0.287 e. The molecule has 1 N–H and O–H groups in total. The van der Waals surface area contributed by atoms with Gasteiger partial charge >= 0.3 is 0 Å². The summed E-state index contributed by atoms with van der Waals surface area (Å²) in [6, 6.07) is 12.7. The van der Waals surface area contributed by atoms with Crippen LogP contribution < -0.4 is 15.0 Å². The Balaban J connectivity index is 1.51. The van der Waals surface area contributed by atoms with E-state index in [2.05, 4.69) is 26.1 Å². The molecule has 0 bridgehead atoms. The first-order valence-electron chi connectivity index (χ1n) is 9.78. The van der Waals surface area contributed by atoms with Crippen molar-refractivity contribution in [3.05, 3.63) is 71.6 Å². The summed E-state index contributed by atoms with van der Waals surface area (Å²) < 4.78 is 16.5. The van der Waals surface area contributed by atoms with Crippen LogP contribution in [-0.4, -0.2) is 18.4 Å². The van der Waals surface area contributed by atoms with Crippen LogP contribution in [0, 0.1) is 0 Å². The van der Waals surface area contributed by atoms with Crippen LogP contribution in [0.5, 0.6) is 5.75 Å². The van der Waals surface area contributed by atoms with Gasteiger partial charge in [-0.15, -0.1) is 0 Å². The topological polar surface area (TPSA) is 84.9 Å². The predicted molar refractivity (Wildman–Crippen MR) is 110 cm³/mol. The third-order valence-electron chi connectivity index (χ3n) is 4.97. The van der Waals surface area contributed by atoms with Gasteiger partial charge in [0.1, 0.15) is 17.3 Å². The summed E-state index contributed by atoms with van der Waals surface area (Å²) in [6.45, 7) is 6.81. The minimum Gasteiger partial charge on any atom is -0.482 e. The molecule has 3 aromatic rings. The minimum atomic E-state index is -0.346. The number of furan rings is 2. The van der Waals surface area contributed by atoms with Crippen LogP contribution in [-0.2, 0) is 23.3 Å². The molecule has 0 spiro atoms. The van der Waals surface area contributed by atoms with Crippen LogP contribution in [0.4, 0.5) is 5.69 Å². The summed E-state index contributed by atoms with van der Waals surface area (Å²) in [7, 11) is 0. The average molecular weight is 408 g/mol. The molecule has 2 amide bonds. The van der Waals surface area contributed by atoms with Gasteiger partial charge < -0.3 is 18.9 Å². The van der Waals surface area contributed by atoms with Crippen molar-refractivity contribution in [3.63, 3.8) is 0 Å². The van der Waals surface area contributed by atoms with E-state index >= 15 is 0 Å². The maximum absolute atomic E-state index is 12.6. The Kier molecular flexibility index (Phi) is 5.11. The van der Waals surface area contributed by atoms with Gasteiger partial charge in [-0.1, -0.05) is 26.8 Å². The highest BCUT2D eigenvalue weighted by Crippen LogP contribution is 2.37. The molecule has 1 aliphatic rings. The fourth-order valence-electron chi connectivity index (χ4n) is 3.25. The van der Waals surface area contributed by atoms with Crippen LogP contribution in [0.25, 0.3) is 0 Å². The molecular weight excluding hydrogens is 384 g/mol. The molecule has 7 heteroatoms.